The van der Waals surface area contributed by atoms with E-state index in [-0.39, 0.29) is 12.6 Å². The van der Waals surface area contributed by atoms with E-state index in [0.717, 1.165) is 22.1 Å². The van der Waals surface area contributed by atoms with Gasteiger partial charge in [0, 0.05) is 11.9 Å². The van der Waals surface area contributed by atoms with Crippen molar-refractivity contribution >= 4 is 22.7 Å². The van der Waals surface area contributed by atoms with E-state index >= 15 is 0 Å². The highest BCUT2D eigenvalue weighted by molar-refractivity contribution is 5.90. The zero-order valence-corrected chi connectivity index (χ0v) is 15.0. The van der Waals surface area contributed by atoms with Gasteiger partial charge in [0.25, 0.3) is 5.91 Å². The van der Waals surface area contributed by atoms with Gasteiger partial charge in [-0.3, -0.25) is 10.0 Å². The maximum atomic E-state index is 12.0. The fourth-order valence-corrected chi connectivity index (χ4v) is 3.25. The second-order valence-electron chi connectivity index (χ2n) is 6.58. The highest BCUT2D eigenvalue weighted by atomic mass is 16.5. The van der Waals surface area contributed by atoms with Crippen molar-refractivity contribution in [2.75, 3.05) is 6.54 Å². The lowest BCUT2D eigenvalue weighted by Gasteiger charge is -2.15. The first-order valence-electron chi connectivity index (χ1n) is 8.88. The van der Waals surface area contributed by atoms with Crippen LogP contribution in [0.5, 0.6) is 11.5 Å². The van der Waals surface area contributed by atoms with E-state index in [1.165, 1.54) is 4.90 Å². The van der Waals surface area contributed by atoms with E-state index < -0.39 is 11.9 Å². The van der Waals surface area contributed by atoms with E-state index in [9.17, 15) is 9.59 Å². The zero-order valence-electron chi connectivity index (χ0n) is 15.0. The lowest BCUT2D eigenvalue weighted by atomic mass is 10.1. The number of nitrogens with zero attached hydrogens (tertiary/aromatic N) is 1. The Morgan fingerprint density at radius 2 is 1.86 bits per heavy atom. The Balaban J connectivity index is 1.44. The molecule has 3 amide bonds. The van der Waals surface area contributed by atoms with Gasteiger partial charge in [-0.2, -0.15) is 0 Å². The largest absolute Gasteiger partial charge is 0.457 e. The third-order valence-electron chi connectivity index (χ3n) is 4.69. The van der Waals surface area contributed by atoms with Crippen molar-refractivity contribution in [3.63, 3.8) is 0 Å². The summed E-state index contributed by atoms with van der Waals surface area (Å²) in [6, 6.07) is 20.3. The van der Waals surface area contributed by atoms with E-state index in [1.54, 1.807) is 5.48 Å². The van der Waals surface area contributed by atoms with Crippen LogP contribution >= 0.6 is 0 Å². The van der Waals surface area contributed by atoms with Crippen LogP contribution < -0.4 is 15.5 Å². The van der Waals surface area contributed by atoms with Crippen molar-refractivity contribution in [3.05, 3.63) is 72.3 Å². The third kappa shape index (κ3) is 3.60. The predicted molar refractivity (Wildman–Crippen MR) is 103 cm³/mol. The Labute approximate surface area is 161 Å². The number of hydrogen-bond donors (Lipinski definition) is 3. The molecule has 1 unspecified atom stereocenters. The number of carbonyl (C=O) groups is 2. The molecule has 0 radical (unpaired) electrons. The average molecular weight is 377 g/mol. The average Bonchev–Trinajstić information content (AvgIpc) is 3.09. The maximum Gasteiger partial charge on any atom is 0.318 e. The summed E-state index contributed by atoms with van der Waals surface area (Å²) < 4.78 is 6.03. The van der Waals surface area contributed by atoms with Crippen molar-refractivity contribution in [1.29, 1.82) is 0 Å². The number of ether oxygens (including phenoxy) is 1. The molecule has 3 N–H and O–H groups in total. The van der Waals surface area contributed by atoms with Gasteiger partial charge in [-0.15, -0.1) is 0 Å². The Morgan fingerprint density at radius 1 is 1.11 bits per heavy atom. The molecule has 7 nitrogen and oxygen atoms in total. The number of amides is 3. The molecule has 142 valence electrons. The van der Waals surface area contributed by atoms with E-state index in [4.69, 9.17) is 9.94 Å². The van der Waals surface area contributed by atoms with Crippen molar-refractivity contribution in [2.24, 2.45) is 0 Å². The predicted octanol–water partition coefficient (Wildman–Crippen LogP) is 3.03. The molecule has 0 spiro atoms. The van der Waals surface area contributed by atoms with Crippen LogP contribution in [-0.4, -0.2) is 34.6 Å². The van der Waals surface area contributed by atoms with Crippen molar-refractivity contribution < 1.29 is 19.5 Å². The lowest BCUT2D eigenvalue weighted by Crippen LogP contribution is -2.41. The number of nitrogens with one attached hydrogen (secondary N) is 2. The van der Waals surface area contributed by atoms with Gasteiger partial charge in [-0.1, -0.05) is 48.5 Å². The molecular weight excluding hydrogens is 358 g/mol. The van der Waals surface area contributed by atoms with Crippen LogP contribution in [0.15, 0.2) is 66.7 Å². The molecule has 3 aromatic carbocycles. The van der Waals surface area contributed by atoms with Crippen LogP contribution in [-0.2, 0) is 11.3 Å². The van der Waals surface area contributed by atoms with Gasteiger partial charge in [0.1, 0.15) is 17.5 Å². The first-order chi connectivity index (χ1) is 13.6. The monoisotopic (exact) mass is 377 g/mol. The summed E-state index contributed by atoms with van der Waals surface area (Å²) >= 11 is 0. The number of carbonyl (C=O) groups excluding carboxylic acids is 2. The molecule has 0 bridgehead atoms. The van der Waals surface area contributed by atoms with E-state index in [2.05, 4.69) is 5.32 Å². The van der Waals surface area contributed by atoms with Gasteiger partial charge in [-0.25, -0.2) is 10.3 Å². The number of benzene rings is 3. The molecule has 1 aliphatic rings. The summed E-state index contributed by atoms with van der Waals surface area (Å²) in [5.41, 5.74) is 2.47. The van der Waals surface area contributed by atoms with Crippen LogP contribution in [0.25, 0.3) is 10.8 Å². The minimum absolute atomic E-state index is 0.194. The van der Waals surface area contributed by atoms with Gasteiger partial charge in [0.2, 0.25) is 0 Å². The number of urea groups is 1. The summed E-state index contributed by atoms with van der Waals surface area (Å²) in [5, 5.41) is 13.4. The van der Waals surface area contributed by atoms with Crippen molar-refractivity contribution in [3.8, 4) is 11.5 Å². The van der Waals surface area contributed by atoms with Gasteiger partial charge in [0.05, 0.1) is 6.54 Å². The standard InChI is InChI=1S/C21H19N3O4/c25-20(23-27)18-13-24(21(26)22-18)12-14-8-10-16(11-9-14)28-19-7-3-5-15-4-1-2-6-17(15)19/h1-11,18,27H,12-13H2,(H,22,26)(H,23,25). The molecule has 1 aliphatic heterocycles. The fraction of sp³-hybridized carbons (Fsp3) is 0.143. The number of hydroxylamine groups is 1. The molecule has 4 rings (SSSR count). The highest BCUT2D eigenvalue weighted by Gasteiger charge is 2.33. The smallest absolute Gasteiger partial charge is 0.318 e. The van der Waals surface area contributed by atoms with Crippen LogP contribution in [0.3, 0.4) is 0 Å². The maximum absolute atomic E-state index is 12.0. The molecule has 0 saturated carbocycles. The number of hydrogen-bond acceptors (Lipinski definition) is 4. The Kier molecular flexibility index (Phi) is 4.82. The molecule has 1 saturated heterocycles. The summed E-state index contributed by atoms with van der Waals surface area (Å²) in [5.74, 6) is 0.848. The zero-order chi connectivity index (χ0) is 19.5. The van der Waals surface area contributed by atoms with Crippen LogP contribution in [0.2, 0.25) is 0 Å². The van der Waals surface area contributed by atoms with Gasteiger partial charge >= 0.3 is 6.03 Å². The minimum Gasteiger partial charge on any atom is -0.457 e. The van der Waals surface area contributed by atoms with Crippen LogP contribution in [0.4, 0.5) is 4.79 Å². The summed E-state index contributed by atoms with van der Waals surface area (Å²) in [7, 11) is 0. The third-order valence-corrected chi connectivity index (χ3v) is 4.69. The molecule has 1 heterocycles. The Bertz CT molecular complexity index is 1010. The van der Waals surface area contributed by atoms with Crippen molar-refractivity contribution in [2.45, 2.75) is 12.6 Å². The second-order valence-corrected chi connectivity index (χ2v) is 6.58. The molecule has 7 heteroatoms. The molecule has 1 atom stereocenters. The van der Waals surface area contributed by atoms with Gasteiger partial charge in [-0.05, 0) is 29.1 Å². The summed E-state index contributed by atoms with van der Waals surface area (Å²) in [6.45, 7) is 0.551. The van der Waals surface area contributed by atoms with Gasteiger partial charge < -0.3 is 15.0 Å². The molecule has 0 aliphatic carbocycles. The SMILES string of the molecule is O=C(NO)C1CN(Cc2ccc(Oc3cccc4ccccc34)cc2)C(=O)N1. The second kappa shape index (κ2) is 7.58. The van der Waals surface area contributed by atoms with Crippen LogP contribution in [0, 0.1) is 0 Å². The lowest BCUT2D eigenvalue weighted by molar-refractivity contribution is -0.130. The van der Waals surface area contributed by atoms with Crippen molar-refractivity contribution in [1.82, 2.24) is 15.7 Å². The normalized spacial score (nSPS) is 16.1. The molecule has 3 aromatic rings. The summed E-state index contributed by atoms with van der Waals surface area (Å²) in [6.07, 6.45) is 0. The molecule has 0 aromatic heterocycles. The first kappa shape index (κ1) is 17.8. The van der Waals surface area contributed by atoms with E-state index in [0.29, 0.717) is 12.3 Å². The van der Waals surface area contributed by atoms with Gasteiger partial charge in [0.15, 0.2) is 0 Å². The van der Waals surface area contributed by atoms with Crippen LogP contribution in [0.1, 0.15) is 5.56 Å². The molecule has 28 heavy (non-hydrogen) atoms. The highest BCUT2D eigenvalue weighted by Crippen LogP contribution is 2.30. The van der Waals surface area contributed by atoms with E-state index in [1.807, 2.05) is 66.7 Å². The quantitative estimate of drug-likeness (QED) is 0.471. The first-order valence-corrected chi connectivity index (χ1v) is 8.88. The number of fused-ring (bicyclic) bond motifs is 1. The topological polar surface area (TPSA) is 90.9 Å². The molecule has 1 fully saturated rings. The Hall–Kier alpha value is -3.58. The number of rotatable bonds is 5. The molecular formula is C21H19N3O4. The minimum atomic E-state index is -0.758. The fourth-order valence-electron chi connectivity index (χ4n) is 3.25. The summed E-state index contributed by atoms with van der Waals surface area (Å²) in [4.78, 5) is 24.9. The Morgan fingerprint density at radius 3 is 2.64 bits per heavy atom.